The third-order valence-corrected chi connectivity index (χ3v) is 4.83. The number of rotatable bonds is 5. The average Bonchev–Trinajstić information content (AvgIpc) is 3.33. The molecule has 5 heteroatoms. The van der Waals surface area contributed by atoms with Gasteiger partial charge in [-0.3, -0.25) is 4.79 Å². The topological polar surface area (TPSA) is 58.0 Å². The average molecular weight is 365 g/mol. The molecule has 1 atom stereocenters. The molecule has 4 rings (SSSR count). The second-order valence-corrected chi connectivity index (χ2v) is 6.46. The van der Waals surface area contributed by atoms with Gasteiger partial charge in [-0.1, -0.05) is 48.0 Å². The van der Waals surface area contributed by atoms with Gasteiger partial charge >= 0.3 is 0 Å². The lowest BCUT2D eigenvalue weighted by Crippen LogP contribution is -2.28. The van der Waals surface area contributed by atoms with Gasteiger partial charge in [0.2, 0.25) is 0 Å². The maximum atomic E-state index is 12.3. The molecule has 4 aromatic rings. The van der Waals surface area contributed by atoms with Gasteiger partial charge in [-0.15, -0.1) is 0 Å². The van der Waals surface area contributed by atoms with E-state index in [9.17, 15) is 4.79 Å². The summed E-state index contributed by atoms with van der Waals surface area (Å²) in [4.78, 5) is 15.6. The molecule has 0 saturated heterocycles. The number of aromatic amines is 1. The number of H-pyrrole nitrogens is 1. The van der Waals surface area contributed by atoms with Crippen molar-refractivity contribution in [1.82, 2.24) is 10.3 Å². The van der Waals surface area contributed by atoms with Crippen molar-refractivity contribution in [2.75, 3.05) is 6.54 Å². The Kier molecular flexibility index (Phi) is 4.50. The Morgan fingerprint density at radius 2 is 1.85 bits per heavy atom. The zero-order valence-electron chi connectivity index (χ0n) is 13.9. The highest BCUT2D eigenvalue weighted by molar-refractivity contribution is 6.31. The first-order valence-corrected chi connectivity index (χ1v) is 8.74. The van der Waals surface area contributed by atoms with Gasteiger partial charge in [-0.05, 0) is 35.4 Å². The number of nitrogens with one attached hydrogen (secondary N) is 2. The molecule has 0 aliphatic carbocycles. The Morgan fingerprint density at radius 1 is 1.04 bits per heavy atom. The summed E-state index contributed by atoms with van der Waals surface area (Å²) in [5, 5.41) is 4.75. The first kappa shape index (κ1) is 16.5. The van der Waals surface area contributed by atoms with Gasteiger partial charge in [0.1, 0.15) is 0 Å². The SMILES string of the molecule is O=C(NC[C@H](c1ccccc1Cl)c1c[nH]c2ccccc12)c1ccco1. The summed E-state index contributed by atoms with van der Waals surface area (Å²) in [7, 11) is 0. The Labute approximate surface area is 155 Å². The Morgan fingerprint density at radius 3 is 2.65 bits per heavy atom. The quantitative estimate of drug-likeness (QED) is 0.525. The zero-order chi connectivity index (χ0) is 17.9. The number of carbonyl (C=O) groups excluding carboxylic acids is 1. The summed E-state index contributed by atoms with van der Waals surface area (Å²) >= 11 is 6.46. The lowest BCUT2D eigenvalue weighted by molar-refractivity contribution is 0.0925. The van der Waals surface area contributed by atoms with Gasteiger partial charge in [0, 0.05) is 34.6 Å². The molecule has 130 valence electrons. The van der Waals surface area contributed by atoms with E-state index in [1.807, 2.05) is 48.7 Å². The van der Waals surface area contributed by atoms with Crippen LogP contribution in [-0.2, 0) is 0 Å². The van der Waals surface area contributed by atoms with Crippen molar-refractivity contribution < 1.29 is 9.21 Å². The van der Waals surface area contributed by atoms with Crippen LogP contribution in [0.1, 0.15) is 27.6 Å². The van der Waals surface area contributed by atoms with Crippen LogP contribution in [0.3, 0.4) is 0 Å². The minimum Gasteiger partial charge on any atom is -0.459 e. The Hall–Kier alpha value is -2.98. The highest BCUT2D eigenvalue weighted by atomic mass is 35.5. The molecule has 4 nitrogen and oxygen atoms in total. The van der Waals surface area contributed by atoms with Crippen LogP contribution in [0.15, 0.2) is 77.5 Å². The summed E-state index contributed by atoms with van der Waals surface area (Å²) in [5.41, 5.74) is 3.11. The number of benzene rings is 2. The van der Waals surface area contributed by atoms with Crippen LogP contribution in [0, 0.1) is 0 Å². The van der Waals surface area contributed by atoms with Crippen molar-refractivity contribution in [2.45, 2.75) is 5.92 Å². The maximum Gasteiger partial charge on any atom is 0.287 e. The van der Waals surface area contributed by atoms with Crippen LogP contribution in [0.25, 0.3) is 10.9 Å². The van der Waals surface area contributed by atoms with Crippen molar-refractivity contribution in [3.63, 3.8) is 0 Å². The molecule has 0 aliphatic rings. The van der Waals surface area contributed by atoms with E-state index in [0.717, 1.165) is 22.0 Å². The molecular formula is C21H17ClN2O2. The lowest BCUT2D eigenvalue weighted by Gasteiger charge is -2.19. The third-order valence-electron chi connectivity index (χ3n) is 4.49. The van der Waals surface area contributed by atoms with Crippen LogP contribution in [0.4, 0.5) is 0 Å². The Balaban J connectivity index is 1.70. The molecule has 0 unspecified atom stereocenters. The van der Waals surface area contributed by atoms with Crippen molar-refractivity contribution in [1.29, 1.82) is 0 Å². The fourth-order valence-electron chi connectivity index (χ4n) is 3.22. The monoisotopic (exact) mass is 364 g/mol. The van der Waals surface area contributed by atoms with Crippen LogP contribution < -0.4 is 5.32 Å². The fourth-order valence-corrected chi connectivity index (χ4v) is 3.48. The van der Waals surface area contributed by atoms with E-state index in [2.05, 4.69) is 16.4 Å². The second kappa shape index (κ2) is 7.10. The van der Waals surface area contributed by atoms with E-state index in [1.165, 1.54) is 6.26 Å². The molecule has 2 aromatic carbocycles. The fraction of sp³-hybridized carbons (Fsp3) is 0.0952. The van der Waals surface area contributed by atoms with Gasteiger partial charge in [0.15, 0.2) is 5.76 Å². The summed E-state index contributed by atoms with van der Waals surface area (Å²) in [6.07, 6.45) is 3.47. The van der Waals surface area contributed by atoms with Crippen molar-refractivity contribution in [3.05, 3.63) is 95.0 Å². The molecule has 2 N–H and O–H groups in total. The molecule has 26 heavy (non-hydrogen) atoms. The number of amides is 1. The minimum absolute atomic E-state index is 0.0845. The standard InChI is InChI=1S/C21H17ClN2O2/c22-18-8-3-1-6-14(18)16(13-24-21(25)20-10-5-11-26-20)17-12-23-19-9-4-2-7-15(17)19/h1-12,16,23H,13H2,(H,24,25)/t16-/m1/s1. The van der Waals surface area contributed by atoms with E-state index < -0.39 is 0 Å². The molecular weight excluding hydrogens is 348 g/mol. The number of fused-ring (bicyclic) bond motifs is 1. The molecule has 1 amide bonds. The first-order valence-electron chi connectivity index (χ1n) is 8.36. The van der Waals surface area contributed by atoms with E-state index >= 15 is 0 Å². The van der Waals surface area contributed by atoms with Gasteiger partial charge < -0.3 is 14.7 Å². The number of hydrogen-bond donors (Lipinski definition) is 2. The molecule has 0 radical (unpaired) electrons. The predicted molar refractivity (Wildman–Crippen MR) is 103 cm³/mol. The van der Waals surface area contributed by atoms with Gasteiger partial charge in [-0.25, -0.2) is 0 Å². The normalized spacial score (nSPS) is 12.2. The largest absolute Gasteiger partial charge is 0.459 e. The van der Waals surface area contributed by atoms with E-state index in [0.29, 0.717) is 17.3 Å². The summed E-state index contributed by atoms with van der Waals surface area (Å²) in [5.74, 6) is -0.0347. The molecule has 2 aromatic heterocycles. The highest BCUT2D eigenvalue weighted by Gasteiger charge is 2.21. The van der Waals surface area contributed by atoms with Crippen LogP contribution >= 0.6 is 11.6 Å². The number of aromatic nitrogens is 1. The van der Waals surface area contributed by atoms with Crippen LogP contribution in [-0.4, -0.2) is 17.4 Å². The Bertz CT molecular complexity index is 1040. The summed E-state index contributed by atoms with van der Waals surface area (Å²) in [6, 6.07) is 19.2. The van der Waals surface area contributed by atoms with Gasteiger partial charge in [-0.2, -0.15) is 0 Å². The zero-order valence-corrected chi connectivity index (χ0v) is 14.7. The predicted octanol–water partition coefficient (Wildman–Crippen LogP) is 4.98. The van der Waals surface area contributed by atoms with E-state index in [4.69, 9.17) is 16.0 Å². The maximum absolute atomic E-state index is 12.3. The van der Waals surface area contributed by atoms with Crippen LogP contribution in [0.5, 0.6) is 0 Å². The summed E-state index contributed by atoms with van der Waals surface area (Å²) in [6.45, 7) is 0.408. The number of para-hydroxylation sites is 1. The second-order valence-electron chi connectivity index (χ2n) is 6.05. The number of furan rings is 1. The highest BCUT2D eigenvalue weighted by Crippen LogP contribution is 2.34. The number of hydrogen-bond acceptors (Lipinski definition) is 2. The molecule has 2 heterocycles. The minimum atomic E-state index is -0.244. The smallest absolute Gasteiger partial charge is 0.287 e. The lowest BCUT2D eigenvalue weighted by atomic mass is 9.90. The molecule has 0 fully saturated rings. The van der Waals surface area contributed by atoms with Crippen molar-refractivity contribution in [3.8, 4) is 0 Å². The first-order chi connectivity index (χ1) is 12.7. The van der Waals surface area contributed by atoms with Crippen molar-refractivity contribution in [2.24, 2.45) is 0 Å². The molecule has 0 saturated carbocycles. The summed E-state index contributed by atoms with van der Waals surface area (Å²) < 4.78 is 5.17. The molecule has 0 aliphatic heterocycles. The van der Waals surface area contributed by atoms with E-state index in [-0.39, 0.29) is 11.8 Å². The van der Waals surface area contributed by atoms with Gasteiger partial charge in [0.25, 0.3) is 5.91 Å². The number of carbonyl (C=O) groups is 1. The molecule has 0 bridgehead atoms. The van der Waals surface area contributed by atoms with Crippen molar-refractivity contribution >= 4 is 28.4 Å². The van der Waals surface area contributed by atoms with Gasteiger partial charge in [0.05, 0.1) is 6.26 Å². The van der Waals surface area contributed by atoms with Crippen LogP contribution in [0.2, 0.25) is 5.02 Å². The number of halogens is 1. The van der Waals surface area contributed by atoms with E-state index in [1.54, 1.807) is 12.1 Å². The molecule has 0 spiro atoms. The third kappa shape index (κ3) is 3.11.